The highest BCUT2D eigenvalue weighted by Crippen LogP contribution is 2.25. The number of unbranched alkanes of at least 4 members (excludes halogenated alkanes) is 8. The van der Waals surface area contributed by atoms with Crippen LogP contribution in [0.1, 0.15) is 84.0 Å². The highest BCUT2D eigenvalue weighted by atomic mass is 16.5. The zero-order chi connectivity index (χ0) is 21.4. The Labute approximate surface area is 181 Å². The van der Waals surface area contributed by atoms with Crippen LogP contribution in [0, 0.1) is 0 Å². The molecule has 0 heterocycles. The summed E-state index contributed by atoms with van der Waals surface area (Å²) in [5, 5.41) is 1.94. The van der Waals surface area contributed by atoms with Crippen LogP contribution < -0.4 is 4.74 Å². The van der Waals surface area contributed by atoms with Gasteiger partial charge in [0.1, 0.15) is 5.75 Å². The van der Waals surface area contributed by atoms with Crippen molar-refractivity contribution in [3.8, 4) is 5.75 Å². The predicted octanol–water partition coefficient (Wildman–Crippen LogP) is 6.99. The summed E-state index contributed by atoms with van der Waals surface area (Å²) in [6.07, 6.45) is 12.1. The maximum atomic E-state index is 12.1. The number of benzene rings is 2. The molecule has 0 aliphatic carbocycles. The minimum atomic E-state index is -0.321. The molecule has 0 fully saturated rings. The van der Waals surface area contributed by atoms with E-state index in [1.165, 1.54) is 44.9 Å². The second-order valence-corrected chi connectivity index (χ2v) is 7.85. The van der Waals surface area contributed by atoms with Gasteiger partial charge < -0.3 is 9.47 Å². The lowest BCUT2D eigenvalue weighted by atomic mass is 10.1. The Kier molecular flexibility index (Phi) is 11.6. The normalized spacial score (nSPS) is 10.8. The molecule has 2 rings (SSSR count). The van der Waals surface area contributed by atoms with Crippen molar-refractivity contribution in [2.75, 3.05) is 6.61 Å². The number of hydrogen-bond donors (Lipinski definition) is 0. The first-order chi connectivity index (χ1) is 14.7. The van der Waals surface area contributed by atoms with Gasteiger partial charge in [0.05, 0.1) is 6.61 Å². The first-order valence-electron chi connectivity index (χ1n) is 11.5. The fourth-order valence-electron chi connectivity index (χ4n) is 3.51. The number of rotatable bonds is 15. The average molecular weight is 413 g/mol. The number of hydrogen-bond acceptors (Lipinski definition) is 4. The number of carbonyl (C=O) groups is 2. The lowest BCUT2D eigenvalue weighted by molar-refractivity contribution is -0.144. The molecule has 0 aliphatic heterocycles. The van der Waals surface area contributed by atoms with Crippen LogP contribution in [0.3, 0.4) is 0 Å². The van der Waals surface area contributed by atoms with Crippen molar-refractivity contribution in [2.24, 2.45) is 0 Å². The molecular formula is C26H36O4. The summed E-state index contributed by atoms with van der Waals surface area (Å²) in [6, 6.07) is 13.4. The lowest BCUT2D eigenvalue weighted by Gasteiger charge is -2.08. The summed E-state index contributed by atoms with van der Waals surface area (Å²) in [6.45, 7) is 2.72. The van der Waals surface area contributed by atoms with Gasteiger partial charge in [-0.05, 0) is 24.3 Å². The van der Waals surface area contributed by atoms with Gasteiger partial charge in [-0.2, -0.15) is 0 Å². The largest absolute Gasteiger partial charge is 0.466 e. The van der Waals surface area contributed by atoms with Gasteiger partial charge >= 0.3 is 11.9 Å². The second kappa shape index (κ2) is 14.6. The SMILES string of the molecule is CCCCCCCCCCCOC(=O)CCCC(=O)Oc1cccc2ccccc12. The van der Waals surface area contributed by atoms with Gasteiger partial charge in [0.2, 0.25) is 0 Å². The van der Waals surface area contributed by atoms with E-state index in [-0.39, 0.29) is 24.8 Å². The second-order valence-electron chi connectivity index (χ2n) is 7.85. The van der Waals surface area contributed by atoms with Gasteiger partial charge in [-0.15, -0.1) is 0 Å². The van der Waals surface area contributed by atoms with Crippen LogP contribution in [0.15, 0.2) is 42.5 Å². The first kappa shape index (κ1) is 23.9. The van der Waals surface area contributed by atoms with Crippen molar-refractivity contribution in [2.45, 2.75) is 84.0 Å². The predicted molar refractivity (Wildman–Crippen MR) is 122 cm³/mol. The van der Waals surface area contributed by atoms with Crippen molar-refractivity contribution in [1.29, 1.82) is 0 Å². The van der Waals surface area contributed by atoms with E-state index >= 15 is 0 Å². The van der Waals surface area contributed by atoms with Crippen molar-refractivity contribution in [3.05, 3.63) is 42.5 Å². The molecule has 0 N–H and O–H groups in total. The van der Waals surface area contributed by atoms with E-state index in [4.69, 9.17) is 9.47 Å². The van der Waals surface area contributed by atoms with Crippen LogP contribution in [0.4, 0.5) is 0 Å². The summed E-state index contributed by atoms with van der Waals surface area (Å²) in [7, 11) is 0. The van der Waals surface area contributed by atoms with Gasteiger partial charge in [-0.25, -0.2) is 0 Å². The zero-order valence-electron chi connectivity index (χ0n) is 18.4. The summed E-state index contributed by atoms with van der Waals surface area (Å²) >= 11 is 0. The Hall–Kier alpha value is -2.36. The van der Waals surface area contributed by atoms with Crippen LogP contribution in [0.25, 0.3) is 10.8 Å². The highest BCUT2D eigenvalue weighted by molar-refractivity contribution is 5.90. The third-order valence-corrected chi connectivity index (χ3v) is 5.25. The van der Waals surface area contributed by atoms with Crippen LogP contribution >= 0.6 is 0 Å². The van der Waals surface area contributed by atoms with Crippen LogP contribution in [0.5, 0.6) is 5.75 Å². The monoisotopic (exact) mass is 412 g/mol. The molecule has 30 heavy (non-hydrogen) atoms. The number of carbonyl (C=O) groups excluding carboxylic acids is 2. The Bertz CT molecular complexity index is 763. The number of fused-ring (bicyclic) bond motifs is 1. The molecule has 0 spiro atoms. The van der Waals surface area contributed by atoms with E-state index in [0.29, 0.717) is 18.8 Å². The average Bonchev–Trinajstić information content (AvgIpc) is 2.75. The lowest BCUT2D eigenvalue weighted by Crippen LogP contribution is -2.10. The molecule has 164 valence electrons. The Morgan fingerprint density at radius 3 is 2.10 bits per heavy atom. The quantitative estimate of drug-likeness (QED) is 0.180. The summed E-state index contributed by atoms with van der Waals surface area (Å²) in [4.78, 5) is 23.9. The molecule has 0 bridgehead atoms. The summed E-state index contributed by atoms with van der Waals surface area (Å²) < 4.78 is 10.8. The van der Waals surface area contributed by atoms with E-state index in [9.17, 15) is 9.59 Å². The summed E-state index contributed by atoms with van der Waals surface area (Å²) in [5.41, 5.74) is 0. The van der Waals surface area contributed by atoms with E-state index in [1.54, 1.807) is 6.07 Å². The molecule has 0 saturated carbocycles. The molecule has 0 radical (unpaired) electrons. The minimum Gasteiger partial charge on any atom is -0.466 e. The molecule has 2 aromatic carbocycles. The first-order valence-corrected chi connectivity index (χ1v) is 11.5. The molecule has 0 amide bonds. The van der Waals surface area contributed by atoms with Gasteiger partial charge in [0, 0.05) is 18.2 Å². The topological polar surface area (TPSA) is 52.6 Å². The molecule has 0 atom stereocenters. The Balaban J connectivity index is 1.51. The van der Waals surface area contributed by atoms with Crippen LogP contribution in [0.2, 0.25) is 0 Å². The van der Waals surface area contributed by atoms with Gasteiger partial charge in [0.15, 0.2) is 0 Å². The van der Waals surface area contributed by atoms with Crippen LogP contribution in [-0.4, -0.2) is 18.5 Å². The third-order valence-electron chi connectivity index (χ3n) is 5.25. The van der Waals surface area contributed by atoms with E-state index in [2.05, 4.69) is 6.92 Å². The van der Waals surface area contributed by atoms with Crippen LogP contribution in [-0.2, 0) is 14.3 Å². The van der Waals surface area contributed by atoms with E-state index in [0.717, 1.165) is 23.6 Å². The standard InChI is InChI=1S/C26H36O4/c1-2-3-4-5-6-7-8-9-12-21-29-25(27)19-14-20-26(28)30-24-18-13-16-22-15-10-11-17-23(22)24/h10-11,13,15-18H,2-9,12,14,19-21H2,1H3. The summed E-state index contributed by atoms with van der Waals surface area (Å²) in [5.74, 6) is 0.0108. The number of esters is 2. The van der Waals surface area contributed by atoms with Gasteiger partial charge in [-0.3, -0.25) is 9.59 Å². The van der Waals surface area contributed by atoms with Crippen molar-refractivity contribution in [3.63, 3.8) is 0 Å². The van der Waals surface area contributed by atoms with Gasteiger partial charge in [0.25, 0.3) is 0 Å². The van der Waals surface area contributed by atoms with Crippen molar-refractivity contribution < 1.29 is 19.1 Å². The minimum absolute atomic E-state index is 0.205. The Morgan fingerprint density at radius 1 is 0.700 bits per heavy atom. The van der Waals surface area contributed by atoms with E-state index in [1.807, 2.05) is 36.4 Å². The van der Waals surface area contributed by atoms with Crippen molar-refractivity contribution >= 4 is 22.7 Å². The molecular weight excluding hydrogens is 376 g/mol. The Morgan fingerprint density at radius 2 is 1.33 bits per heavy atom. The fourth-order valence-corrected chi connectivity index (χ4v) is 3.51. The molecule has 0 unspecified atom stereocenters. The molecule has 0 aliphatic rings. The van der Waals surface area contributed by atoms with E-state index < -0.39 is 0 Å². The number of ether oxygens (including phenoxy) is 2. The molecule has 0 saturated heterocycles. The smallest absolute Gasteiger partial charge is 0.311 e. The molecule has 4 nitrogen and oxygen atoms in total. The fraction of sp³-hybridized carbons (Fsp3) is 0.538. The maximum absolute atomic E-state index is 12.1. The molecule has 0 aromatic heterocycles. The molecule has 2 aromatic rings. The van der Waals surface area contributed by atoms with Crippen molar-refractivity contribution in [1.82, 2.24) is 0 Å². The third kappa shape index (κ3) is 9.43. The highest BCUT2D eigenvalue weighted by Gasteiger charge is 2.10. The zero-order valence-corrected chi connectivity index (χ0v) is 18.4. The van der Waals surface area contributed by atoms with Gasteiger partial charge in [-0.1, -0.05) is 94.7 Å². The maximum Gasteiger partial charge on any atom is 0.311 e. The molecule has 4 heteroatoms.